The maximum atomic E-state index is 12.4. The summed E-state index contributed by atoms with van der Waals surface area (Å²) < 4.78 is 1.90. The number of aryl methyl sites for hydroxylation is 2. The second-order valence-corrected chi connectivity index (χ2v) is 8.82. The quantitative estimate of drug-likeness (QED) is 0.455. The first-order valence-electron chi connectivity index (χ1n) is 11.9. The monoisotopic (exact) mass is 425 g/mol. The molecule has 1 amide bonds. The largest absolute Gasteiger partial charge is 0.351 e. The topological polar surface area (TPSA) is 71.0 Å². The summed E-state index contributed by atoms with van der Waals surface area (Å²) in [7, 11) is 0. The van der Waals surface area contributed by atoms with Crippen LogP contribution in [0, 0.1) is 13.8 Å². The second kappa shape index (κ2) is 12.6. The van der Waals surface area contributed by atoms with E-state index in [1.807, 2.05) is 17.7 Å². The molecule has 1 saturated carbocycles. The SMILES string of the molecule is Cc1cccc(Cn2nc(C(=O)NCCCCNCCNC3CCCCC3)cc2C)c1. The Morgan fingerprint density at radius 1 is 1.03 bits per heavy atom. The molecule has 3 rings (SSSR count). The van der Waals surface area contributed by atoms with Gasteiger partial charge in [0.15, 0.2) is 0 Å². The van der Waals surface area contributed by atoms with Gasteiger partial charge < -0.3 is 16.0 Å². The van der Waals surface area contributed by atoms with Crippen molar-refractivity contribution in [2.24, 2.45) is 0 Å². The van der Waals surface area contributed by atoms with Crippen molar-refractivity contribution in [2.75, 3.05) is 26.2 Å². The first kappa shape index (κ1) is 23.5. The Morgan fingerprint density at radius 3 is 2.65 bits per heavy atom. The number of nitrogens with one attached hydrogen (secondary N) is 3. The summed E-state index contributed by atoms with van der Waals surface area (Å²) >= 11 is 0. The molecular formula is C25H39N5O. The molecule has 170 valence electrons. The minimum Gasteiger partial charge on any atom is -0.351 e. The van der Waals surface area contributed by atoms with Crippen LogP contribution >= 0.6 is 0 Å². The van der Waals surface area contributed by atoms with Crippen LogP contribution in [-0.2, 0) is 6.54 Å². The molecule has 1 aromatic carbocycles. The normalized spacial score (nSPS) is 14.6. The molecule has 0 unspecified atom stereocenters. The Labute approximate surface area is 187 Å². The molecule has 0 saturated heterocycles. The lowest BCUT2D eigenvalue weighted by molar-refractivity contribution is 0.0947. The van der Waals surface area contributed by atoms with Gasteiger partial charge in [0.2, 0.25) is 0 Å². The molecule has 2 aromatic rings. The number of hydrogen-bond acceptors (Lipinski definition) is 4. The van der Waals surface area contributed by atoms with E-state index in [0.29, 0.717) is 18.8 Å². The summed E-state index contributed by atoms with van der Waals surface area (Å²) in [5.41, 5.74) is 3.92. The van der Waals surface area contributed by atoms with Gasteiger partial charge in [-0.3, -0.25) is 9.48 Å². The molecule has 1 heterocycles. The molecule has 1 fully saturated rings. The molecule has 1 aliphatic carbocycles. The van der Waals surface area contributed by atoms with E-state index in [2.05, 4.69) is 52.2 Å². The van der Waals surface area contributed by atoms with Crippen molar-refractivity contribution < 1.29 is 4.79 Å². The molecule has 6 nitrogen and oxygen atoms in total. The van der Waals surface area contributed by atoms with Crippen LogP contribution in [-0.4, -0.2) is 47.9 Å². The number of nitrogens with zero attached hydrogens (tertiary/aromatic N) is 2. The van der Waals surface area contributed by atoms with Crippen molar-refractivity contribution in [2.45, 2.75) is 71.4 Å². The Bertz CT molecular complexity index is 810. The lowest BCUT2D eigenvalue weighted by Crippen LogP contribution is -2.36. The van der Waals surface area contributed by atoms with Crippen LogP contribution in [0.1, 0.15) is 72.3 Å². The predicted molar refractivity (Wildman–Crippen MR) is 127 cm³/mol. The summed E-state index contributed by atoms with van der Waals surface area (Å²) in [5.74, 6) is -0.0873. The highest BCUT2D eigenvalue weighted by Crippen LogP contribution is 2.16. The van der Waals surface area contributed by atoms with Crippen molar-refractivity contribution in [3.63, 3.8) is 0 Å². The van der Waals surface area contributed by atoms with E-state index in [9.17, 15) is 4.79 Å². The molecule has 0 spiro atoms. The standard InChI is InChI=1S/C25H39N5O/c1-20-9-8-10-22(17-20)19-30-21(2)18-24(29-30)25(31)28-14-7-6-13-26-15-16-27-23-11-4-3-5-12-23/h8-10,17-18,23,26-27H,3-7,11-16,19H2,1-2H3,(H,28,31). The molecule has 0 radical (unpaired) electrons. The summed E-state index contributed by atoms with van der Waals surface area (Å²) in [5, 5.41) is 14.7. The molecule has 1 aliphatic rings. The third-order valence-corrected chi connectivity index (χ3v) is 6.03. The number of hydrogen-bond donors (Lipinski definition) is 3. The van der Waals surface area contributed by atoms with E-state index in [4.69, 9.17) is 0 Å². The Hall–Kier alpha value is -2.18. The van der Waals surface area contributed by atoms with Crippen LogP contribution in [0.15, 0.2) is 30.3 Å². The number of carbonyl (C=O) groups excluding carboxylic acids is 1. The van der Waals surface area contributed by atoms with Gasteiger partial charge in [-0.1, -0.05) is 49.1 Å². The van der Waals surface area contributed by atoms with Gasteiger partial charge in [0, 0.05) is 31.4 Å². The van der Waals surface area contributed by atoms with Gasteiger partial charge in [0.1, 0.15) is 5.69 Å². The molecule has 0 aliphatic heterocycles. The number of benzene rings is 1. The average Bonchev–Trinajstić information content (AvgIpc) is 3.13. The molecule has 0 atom stereocenters. The highest BCUT2D eigenvalue weighted by atomic mass is 16.1. The zero-order valence-corrected chi connectivity index (χ0v) is 19.3. The van der Waals surface area contributed by atoms with E-state index in [-0.39, 0.29) is 5.91 Å². The van der Waals surface area contributed by atoms with Gasteiger partial charge in [-0.15, -0.1) is 0 Å². The van der Waals surface area contributed by atoms with Gasteiger partial charge in [0.05, 0.1) is 6.54 Å². The lowest BCUT2D eigenvalue weighted by atomic mass is 9.95. The minimum atomic E-state index is -0.0873. The third kappa shape index (κ3) is 8.11. The predicted octanol–water partition coefficient (Wildman–Crippen LogP) is 3.57. The molecule has 31 heavy (non-hydrogen) atoms. The fourth-order valence-electron chi connectivity index (χ4n) is 4.23. The van der Waals surface area contributed by atoms with Crippen LogP contribution in [0.3, 0.4) is 0 Å². The van der Waals surface area contributed by atoms with E-state index in [0.717, 1.165) is 44.2 Å². The van der Waals surface area contributed by atoms with Gasteiger partial charge in [-0.25, -0.2) is 0 Å². The van der Waals surface area contributed by atoms with Crippen molar-refractivity contribution in [3.8, 4) is 0 Å². The van der Waals surface area contributed by atoms with Crippen LogP contribution in [0.2, 0.25) is 0 Å². The minimum absolute atomic E-state index is 0.0873. The Kier molecular flexibility index (Phi) is 9.56. The number of amides is 1. The maximum Gasteiger partial charge on any atom is 0.271 e. The number of rotatable bonds is 12. The van der Waals surface area contributed by atoms with E-state index < -0.39 is 0 Å². The fraction of sp³-hybridized carbons (Fsp3) is 0.600. The lowest BCUT2D eigenvalue weighted by Gasteiger charge is -2.22. The fourth-order valence-corrected chi connectivity index (χ4v) is 4.23. The third-order valence-electron chi connectivity index (χ3n) is 6.03. The highest BCUT2D eigenvalue weighted by molar-refractivity contribution is 5.92. The van der Waals surface area contributed by atoms with Crippen molar-refractivity contribution in [3.05, 3.63) is 52.8 Å². The van der Waals surface area contributed by atoms with Gasteiger partial charge in [-0.05, 0) is 57.7 Å². The number of aromatic nitrogens is 2. The van der Waals surface area contributed by atoms with Crippen molar-refractivity contribution in [1.29, 1.82) is 0 Å². The highest BCUT2D eigenvalue weighted by Gasteiger charge is 2.13. The smallest absolute Gasteiger partial charge is 0.271 e. The molecule has 1 aromatic heterocycles. The zero-order chi connectivity index (χ0) is 21.9. The van der Waals surface area contributed by atoms with Crippen molar-refractivity contribution >= 4 is 5.91 Å². The first-order chi connectivity index (χ1) is 15.1. The van der Waals surface area contributed by atoms with E-state index >= 15 is 0 Å². The van der Waals surface area contributed by atoms with E-state index in [1.165, 1.54) is 43.2 Å². The van der Waals surface area contributed by atoms with Crippen LogP contribution in [0.5, 0.6) is 0 Å². The van der Waals surface area contributed by atoms with Gasteiger partial charge in [0.25, 0.3) is 5.91 Å². The molecular weight excluding hydrogens is 386 g/mol. The maximum absolute atomic E-state index is 12.4. The van der Waals surface area contributed by atoms with Crippen LogP contribution in [0.25, 0.3) is 0 Å². The van der Waals surface area contributed by atoms with Gasteiger partial charge in [-0.2, -0.15) is 5.10 Å². The van der Waals surface area contributed by atoms with Crippen LogP contribution in [0.4, 0.5) is 0 Å². The molecule has 3 N–H and O–H groups in total. The summed E-state index contributed by atoms with van der Waals surface area (Å²) in [6.45, 7) is 8.50. The van der Waals surface area contributed by atoms with Gasteiger partial charge >= 0.3 is 0 Å². The van der Waals surface area contributed by atoms with Crippen LogP contribution < -0.4 is 16.0 Å². The van der Waals surface area contributed by atoms with E-state index in [1.54, 1.807) is 0 Å². The zero-order valence-electron chi connectivity index (χ0n) is 19.3. The first-order valence-corrected chi connectivity index (χ1v) is 11.9. The average molecular weight is 426 g/mol. The molecule has 0 bridgehead atoms. The Balaban J connectivity index is 1.27. The summed E-state index contributed by atoms with van der Waals surface area (Å²) in [6.07, 6.45) is 8.86. The second-order valence-electron chi connectivity index (χ2n) is 8.82. The molecule has 6 heteroatoms. The van der Waals surface area contributed by atoms with Crippen molar-refractivity contribution in [1.82, 2.24) is 25.7 Å². The summed E-state index contributed by atoms with van der Waals surface area (Å²) in [4.78, 5) is 12.4. The Morgan fingerprint density at radius 2 is 1.84 bits per heavy atom. The summed E-state index contributed by atoms with van der Waals surface area (Å²) in [6, 6.07) is 11.0. The number of carbonyl (C=O) groups is 1. The number of unbranched alkanes of at least 4 members (excludes halogenated alkanes) is 1.